The molecule has 3 atom stereocenters. The Morgan fingerprint density at radius 1 is 0.833 bits per heavy atom. The summed E-state index contributed by atoms with van der Waals surface area (Å²) in [6.45, 7) is 0. The Balaban J connectivity index is 1.62. The van der Waals surface area contributed by atoms with Gasteiger partial charge < -0.3 is 5.11 Å². The van der Waals surface area contributed by atoms with Crippen LogP contribution in [0.4, 0.5) is 11.4 Å². The van der Waals surface area contributed by atoms with E-state index in [1.807, 2.05) is 30.3 Å². The first-order valence-corrected chi connectivity index (χ1v) is 9.87. The average Bonchev–Trinajstić information content (AvgIpc) is 3.26. The summed E-state index contributed by atoms with van der Waals surface area (Å²) in [4.78, 5) is 33.8. The zero-order valence-electron chi connectivity index (χ0n) is 15.7. The largest absolute Gasteiger partial charge is 0.508 e. The molecule has 2 saturated heterocycles. The van der Waals surface area contributed by atoms with Gasteiger partial charge in [-0.15, -0.1) is 0 Å². The molecule has 7 heteroatoms. The lowest BCUT2D eigenvalue weighted by atomic mass is 9.90. The van der Waals surface area contributed by atoms with Gasteiger partial charge in [0.2, 0.25) is 5.91 Å². The van der Waals surface area contributed by atoms with Crippen LogP contribution in [0.25, 0.3) is 0 Å². The molecule has 3 aromatic carbocycles. The van der Waals surface area contributed by atoms with Crippen LogP contribution < -0.4 is 9.96 Å². The summed E-state index contributed by atoms with van der Waals surface area (Å²) in [7, 11) is 0. The number of phenols is 1. The SMILES string of the molecule is O=C1[C@@H]2[C@@H](ON(c3ccccc3)[C@H]2c2ccccc2O)C(=O)N1c1ccccc1Cl. The fourth-order valence-corrected chi connectivity index (χ4v) is 4.36. The Labute approximate surface area is 177 Å². The van der Waals surface area contributed by atoms with Gasteiger partial charge in [-0.05, 0) is 30.3 Å². The molecule has 30 heavy (non-hydrogen) atoms. The fraction of sp³-hybridized carbons (Fsp3) is 0.130. The number of fused-ring (bicyclic) bond motifs is 1. The van der Waals surface area contributed by atoms with Crippen LogP contribution in [0.1, 0.15) is 11.6 Å². The third kappa shape index (κ3) is 2.76. The molecule has 0 unspecified atom stereocenters. The summed E-state index contributed by atoms with van der Waals surface area (Å²) >= 11 is 6.26. The Hall–Kier alpha value is -3.35. The molecule has 0 aromatic heterocycles. The first-order chi connectivity index (χ1) is 14.6. The number of imide groups is 1. The van der Waals surface area contributed by atoms with Crippen molar-refractivity contribution in [1.82, 2.24) is 0 Å². The van der Waals surface area contributed by atoms with Gasteiger partial charge in [-0.1, -0.05) is 60.1 Å². The molecule has 0 spiro atoms. The van der Waals surface area contributed by atoms with E-state index in [1.54, 1.807) is 53.6 Å². The summed E-state index contributed by atoms with van der Waals surface area (Å²) in [5, 5.41) is 12.4. The summed E-state index contributed by atoms with van der Waals surface area (Å²) < 4.78 is 0. The van der Waals surface area contributed by atoms with Gasteiger partial charge in [0, 0.05) is 5.56 Å². The van der Waals surface area contributed by atoms with E-state index in [0.29, 0.717) is 22.0 Å². The van der Waals surface area contributed by atoms with Crippen molar-refractivity contribution in [3.8, 4) is 5.75 Å². The number of aromatic hydroxyl groups is 1. The van der Waals surface area contributed by atoms with Gasteiger partial charge in [-0.25, -0.2) is 9.96 Å². The van der Waals surface area contributed by atoms with Crippen LogP contribution in [-0.4, -0.2) is 23.0 Å². The van der Waals surface area contributed by atoms with Crippen molar-refractivity contribution in [2.45, 2.75) is 12.1 Å². The molecule has 2 heterocycles. The lowest BCUT2D eigenvalue weighted by Gasteiger charge is -2.29. The van der Waals surface area contributed by atoms with Crippen molar-refractivity contribution in [2.24, 2.45) is 5.92 Å². The molecule has 2 amide bonds. The number of para-hydroxylation sites is 3. The van der Waals surface area contributed by atoms with E-state index in [0.717, 1.165) is 4.90 Å². The summed E-state index contributed by atoms with van der Waals surface area (Å²) in [5.74, 6) is -1.69. The Bertz CT molecular complexity index is 1140. The minimum absolute atomic E-state index is 0.0316. The van der Waals surface area contributed by atoms with E-state index in [4.69, 9.17) is 16.4 Å². The normalized spacial score (nSPS) is 23.2. The van der Waals surface area contributed by atoms with Crippen molar-refractivity contribution in [3.05, 3.63) is 89.4 Å². The molecule has 5 rings (SSSR count). The molecule has 0 bridgehead atoms. The molecule has 2 aliphatic rings. The molecule has 0 radical (unpaired) electrons. The first kappa shape index (κ1) is 18.7. The van der Waals surface area contributed by atoms with E-state index >= 15 is 0 Å². The first-order valence-electron chi connectivity index (χ1n) is 9.49. The van der Waals surface area contributed by atoms with E-state index in [1.165, 1.54) is 0 Å². The third-order valence-electron chi connectivity index (χ3n) is 5.47. The van der Waals surface area contributed by atoms with Crippen LogP contribution in [0.2, 0.25) is 5.02 Å². The highest BCUT2D eigenvalue weighted by molar-refractivity contribution is 6.36. The van der Waals surface area contributed by atoms with Crippen molar-refractivity contribution in [3.63, 3.8) is 0 Å². The van der Waals surface area contributed by atoms with E-state index in [-0.39, 0.29) is 5.75 Å². The molecule has 1 N–H and O–H groups in total. The number of hydrogen-bond donors (Lipinski definition) is 1. The number of halogens is 1. The summed E-state index contributed by atoms with van der Waals surface area (Å²) in [5.41, 5.74) is 1.52. The second-order valence-corrected chi connectivity index (χ2v) is 7.59. The number of amides is 2. The van der Waals surface area contributed by atoms with Crippen molar-refractivity contribution < 1.29 is 19.5 Å². The molecular weight excluding hydrogens is 404 g/mol. The molecule has 2 aliphatic heterocycles. The lowest BCUT2D eigenvalue weighted by molar-refractivity contribution is -0.126. The highest BCUT2D eigenvalue weighted by atomic mass is 35.5. The maximum atomic E-state index is 13.5. The zero-order valence-corrected chi connectivity index (χ0v) is 16.4. The van der Waals surface area contributed by atoms with Crippen LogP contribution >= 0.6 is 11.6 Å². The second kappa shape index (κ2) is 7.16. The molecule has 6 nitrogen and oxygen atoms in total. The minimum atomic E-state index is -1.02. The van der Waals surface area contributed by atoms with Gasteiger partial charge in [-0.2, -0.15) is 0 Å². The number of benzene rings is 3. The number of anilines is 2. The predicted octanol–water partition coefficient (Wildman–Crippen LogP) is 4.10. The van der Waals surface area contributed by atoms with Gasteiger partial charge in [0.05, 0.1) is 22.4 Å². The molecular formula is C23H17ClN2O4. The molecule has 150 valence electrons. The topological polar surface area (TPSA) is 70.1 Å². The summed E-state index contributed by atoms with van der Waals surface area (Å²) in [6, 6.07) is 22.0. The van der Waals surface area contributed by atoms with Gasteiger partial charge in [-0.3, -0.25) is 14.4 Å². The van der Waals surface area contributed by atoms with Crippen LogP contribution in [0.3, 0.4) is 0 Å². The Morgan fingerprint density at radius 2 is 1.50 bits per heavy atom. The summed E-state index contributed by atoms with van der Waals surface area (Å²) in [6.07, 6.45) is -1.02. The predicted molar refractivity (Wildman–Crippen MR) is 112 cm³/mol. The van der Waals surface area contributed by atoms with Crippen LogP contribution in [0.5, 0.6) is 5.75 Å². The molecule has 2 fully saturated rings. The van der Waals surface area contributed by atoms with E-state index < -0.39 is 29.9 Å². The van der Waals surface area contributed by atoms with E-state index in [9.17, 15) is 14.7 Å². The Kier molecular flexibility index (Phi) is 4.46. The van der Waals surface area contributed by atoms with Gasteiger partial charge in [0.15, 0.2) is 6.10 Å². The zero-order chi connectivity index (χ0) is 20.8. The molecule has 3 aromatic rings. The highest BCUT2D eigenvalue weighted by Gasteiger charge is 2.60. The maximum absolute atomic E-state index is 13.5. The number of hydroxylamine groups is 1. The molecule has 0 aliphatic carbocycles. The van der Waals surface area contributed by atoms with Crippen molar-refractivity contribution >= 4 is 34.8 Å². The smallest absolute Gasteiger partial charge is 0.266 e. The quantitative estimate of drug-likeness (QED) is 0.646. The van der Waals surface area contributed by atoms with Gasteiger partial charge in [0.1, 0.15) is 11.7 Å². The fourth-order valence-electron chi connectivity index (χ4n) is 4.14. The minimum Gasteiger partial charge on any atom is -0.508 e. The van der Waals surface area contributed by atoms with Crippen molar-refractivity contribution in [1.29, 1.82) is 0 Å². The lowest BCUT2D eigenvalue weighted by Crippen LogP contribution is -2.37. The third-order valence-corrected chi connectivity index (χ3v) is 5.79. The van der Waals surface area contributed by atoms with Gasteiger partial charge in [0.25, 0.3) is 5.91 Å². The standard InChI is InChI=1S/C23H17ClN2O4/c24-16-11-5-6-12-17(16)25-22(28)19-20(15-10-4-7-13-18(15)27)26(30-21(19)23(25)29)14-8-2-1-3-9-14/h1-13,19-21,27H/t19-,20-,21+/m0/s1. The molecule has 0 saturated carbocycles. The number of nitrogens with zero attached hydrogens (tertiary/aromatic N) is 2. The van der Waals surface area contributed by atoms with Gasteiger partial charge >= 0.3 is 0 Å². The average molecular weight is 421 g/mol. The number of hydrogen-bond acceptors (Lipinski definition) is 5. The highest BCUT2D eigenvalue weighted by Crippen LogP contribution is 2.49. The van der Waals surface area contributed by atoms with Crippen LogP contribution in [-0.2, 0) is 14.4 Å². The Morgan fingerprint density at radius 3 is 2.23 bits per heavy atom. The number of phenolic OH excluding ortho intramolecular Hbond substituents is 1. The monoisotopic (exact) mass is 420 g/mol. The van der Waals surface area contributed by atoms with E-state index in [2.05, 4.69) is 0 Å². The number of carbonyl (C=O) groups excluding carboxylic acids is 2. The maximum Gasteiger partial charge on any atom is 0.266 e. The number of carbonyl (C=O) groups is 2. The van der Waals surface area contributed by atoms with Crippen molar-refractivity contribution in [2.75, 3.05) is 9.96 Å². The second-order valence-electron chi connectivity index (χ2n) is 7.18. The number of rotatable bonds is 3. The van der Waals surface area contributed by atoms with Crippen LogP contribution in [0, 0.1) is 5.92 Å². The van der Waals surface area contributed by atoms with Crippen LogP contribution in [0.15, 0.2) is 78.9 Å².